The largest absolute Gasteiger partial charge is 0.353 e. The Morgan fingerprint density at radius 1 is 1.09 bits per heavy atom. The summed E-state index contributed by atoms with van der Waals surface area (Å²) in [5.41, 5.74) is 0. The standard InChI is InChI=1S/C16H26N4OS/c21-14(17-13-9-3-1-2-4-10-13)11-22-16-18-15(19-20-16)12-7-5-6-8-12/h12-13H,1-11H2,(H,17,21)(H,18,19,20). The van der Waals surface area contributed by atoms with Crippen LogP contribution in [0.3, 0.4) is 0 Å². The van der Waals surface area contributed by atoms with Crippen LogP contribution in [0, 0.1) is 0 Å². The van der Waals surface area contributed by atoms with E-state index in [0.29, 0.717) is 22.9 Å². The topological polar surface area (TPSA) is 70.7 Å². The van der Waals surface area contributed by atoms with Gasteiger partial charge in [0.15, 0.2) is 0 Å². The predicted molar refractivity (Wildman–Crippen MR) is 87.9 cm³/mol. The zero-order chi connectivity index (χ0) is 15.2. The van der Waals surface area contributed by atoms with Gasteiger partial charge in [0.2, 0.25) is 11.1 Å². The van der Waals surface area contributed by atoms with Crippen LogP contribution in [-0.2, 0) is 4.79 Å². The quantitative estimate of drug-likeness (QED) is 0.644. The molecule has 0 unspecified atom stereocenters. The molecule has 0 aliphatic heterocycles. The molecular formula is C16H26N4OS. The minimum absolute atomic E-state index is 0.115. The van der Waals surface area contributed by atoms with Crippen molar-refractivity contribution in [2.24, 2.45) is 0 Å². The average molecular weight is 322 g/mol. The Balaban J connectivity index is 1.42. The molecule has 0 saturated heterocycles. The van der Waals surface area contributed by atoms with Gasteiger partial charge in [0.1, 0.15) is 5.82 Å². The second-order valence-corrected chi connectivity index (χ2v) is 7.47. The molecule has 1 amide bonds. The molecule has 0 spiro atoms. The Hall–Kier alpha value is -1.04. The molecule has 22 heavy (non-hydrogen) atoms. The fourth-order valence-electron chi connectivity index (χ4n) is 3.53. The van der Waals surface area contributed by atoms with E-state index in [9.17, 15) is 4.79 Å². The summed E-state index contributed by atoms with van der Waals surface area (Å²) < 4.78 is 0. The summed E-state index contributed by atoms with van der Waals surface area (Å²) in [5, 5.41) is 11.2. The van der Waals surface area contributed by atoms with Crippen LogP contribution >= 0.6 is 11.8 Å². The van der Waals surface area contributed by atoms with Crippen molar-refractivity contribution in [3.8, 4) is 0 Å². The fraction of sp³-hybridized carbons (Fsp3) is 0.812. The van der Waals surface area contributed by atoms with Crippen LogP contribution in [0.2, 0.25) is 0 Å². The summed E-state index contributed by atoms with van der Waals surface area (Å²) >= 11 is 1.44. The highest BCUT2D eigenvalue weighted by molar-refractivity contribution is 7.99. The van der Waals surface area contributed by atoms with E-state index >= 15 is 0 Å². The fourth-order valence-corrected chi connectivity index (χ4v) is 4.14. The van der Waals surface area contributed by atoms with Crippen molar-refractivity contribution in [3.63, 3.8) is 0 Å². The molecule has 2 N–H and O–H groups in total. The maximum Gasteiger partial charge on any atom is 0.230 e. The van der Waals surface area contributed by atoms with E-state index in [1.54, 1.807) is 0 Å². The van der Waals surface area contributed by atoms with Crippen molar-refractivity contribution in [2.45, 2.75) is 81.3 Å². The highest BCUT2D eigenvalue weighted by atomic mass is 32.2. The number of nitrogens with zero attached hydrogens (tertiary/aromatic N) is 2. The van der Waals surface area contributed by atoms with Crippen LogP contribution in [0.15, 0.2) is 5.16 Å². The number of carbonyl (C=O) groups is 1. The van der Waals surface area contributed by atoms with Gasteiger partial charge in [0, 0.05) is 12.0 Å². The number of hydrogen-bond donors (Lipinski definition) is 2. The molecule has 6 heteroatoms. The molecule has 2 aliphatic carbocycles. The molecule has 122 valence electrons. The average Bonchev–Trinajstić information content (AvgIpc) is 3.14. The number of hydrogen-bond acceptors (Lipinski definition) is 4. The number of carbonyl (C=O) groups excluding carboxylic acids is 1. The number of aromatic amines is 1. The van der Waals surface area contributed by atoms with Crippen molar-refractivity contribution in [1.29, 1.82) is 0 Å². The van der Waals surface area contributed by atoms with Gasteiger partial charge in [0.05, 0.1) is 5.75 Å². The smallest absolute Gasteiger partial charge is 0.230 e. The lowest BCUT2D eigenvalue weighted by Gasteiger charge is -2.15. The molecular weight excluding hydrogens is 296 g/mol. The van der Waals surface area contributed by atoms with Crippen molar-refractivity contribution in [3.05, 3.63) is 5.82 Å². The Morgan fingerprint density at radius 2 is 1.77 bits per heavy atom. The maximum atomic E-state index is 12.1. The number of aromatic nitrogens is 3. The van der Waals surface area contributed by atoms with Crippen molar-refractivity contribution < 1.29 is 4.79 Å². The first-order valence-corrected chi connectivity index (χ1v) is 9.64. The van der Waals surface area contributed by atoms with Gasteiger partial charge >= 0.3 is 0 Å². The van der Waals surface area contributed by atoms with Crippen molar-refractivity contribution in [1.82, 2.24) is 20.5 Å². The van der Waals surface area contributed by atoms with Gasteiger partial charge in [-0.3, -0.25) is 9.89 Å². The Labute approximate surface area is 136 Å². The van der Waals surface area contributed by atoms with E-state index in [-0.39, 0.29) is 5.91 Å². The lowest BCUT2D eigenvalue weighted by Crippen LogP contribution is -2.35. The van der Waals surface area contributed by atoms with E-state index < -0.39 is 0 Å². The summed E-state index contributed by atoms with van der Waals surface area (Å²) in [4.78, 5) is 16.6. The van der Waals surface area contributed by atoms with Crippen LogP contribution in [0.25, 0.3) is 0 Å². The zero-order valence-electron chi connectivity index (χ0n) is 13.1. The first kappa shape index (κ1) is 15.8. The molecule has 0 aromatic carbocycles. The van der Waals surface area contributed by atoms with E-state index in [1.807, 2.05) is 0 Å². The minimum Gasteiger partial charge on any atom is -0.353 e. The third-order valence-electron chi connectivity index (χ3n) is 4.78. The summed E-state index contributed by atoms with van der Waals surface area (Å²) in [6, 6.07) is 0.372. The molecule has 0 radical (unpaired) electrons. The zero-order valence-corrected chi connectivity index (χ0v) is 14.0. The third-order valence-corrected chi connectivity index (χ3v) is 5.62. The highest BCUT2D eigenvalue weighted by Gasteiger charge is 2.21. The van der Waals surface area contributed by atoms with Gasteiger partial charge < -0.3 is 5.32 Å². The monoisotopic (exact) mass is 322 g/mol. The normalized spacial score (nSPS) is 20.9. The van der Waals surface area contributed by atoms with Gasteiger partial charge in [0.25, 0.3) is 0 Å². The van der Waals surface area contributed by atoms with Gasteiger partial charge in [-0.1, -0.05) is 50.3 Å². The second-order valence-electron chi connectivity index (χ2n) is 6.53. The maximum absolute atomic E-state index is 12.1. The number of rotatable bonds is 5. The van der Waals surface area contributed by atoms with Crippen LogP contribution in [0.1, 0.15) is 76.0 Å². The van der Waals surface area contributed by atoms with E-state index in [0.717, 1.165) is 18.7 Å². The molecule has 5 nitrogen and oxygen atoms in total. The van der Waals surface area contributed by atoms with E-state index in [2.05, 4.69) is 20.5 Å². The molecule has 0 bridgehead atoms. The molecule has 1 aromatic rings. The predicted octanol–water partition coefficient (Wildman–Crippen LogP) is 3.39. The van der Waals surface area contributed by atoms with Crippen LogP contribution in [0.4, 0.5) is 0 Å². The summed E-state index contributed by atoms with van der Waals surface area (Å²) in [7, 11) is 0. The van der Waals surface area contributed by atoms with Crippen LogP contribution in [0.5, 0.6) is 0 Å². The molecule has 0 atom stereocenters. The first-order chi connectivity index (χ1) is 10.8. The van der Waals surface area contributed by atoms with Crippen molar-refractivity contribution >= 4 is 17.7 Å². The Kier molecular flexibility index (Phi) is 5.76. The molecule has 1 heterocycles. The lowest BCUT2D eigenvalue weighted by atomic mass is 10.1. The van der Waals surface area contributed by atoms with Gasteiger partial charge in [-0.05, 0) is 25.7 Å². The van der Waals surface area contributed by atoms with Crippen LogP contribution in [-0.4, -0.2) is 32.9 Å². The summed E-state index contributed by atoms with van der Waals surface area (Å²) in [5.74, 6) is 2.08. The SMILES string of the molecule is O=C(CSc1n[nH]c(C2CCCC2)n1)NC1CCCCCC1. The number of nitrogens with one attached hydrogen (secondary N) is 2. The Bertz CT molecular complexity index is 476. The number of H-pyrrole nitrogens is 1. The second kappa shape index (κ2) is 7.99. The number of amides is 1. The third kappa shape index (κ3) is 4.48. The summed E-state index contributed by atoms with van der Waals surface area (Å²) in [6.45, 7) is 0. The first-order valence-electron chi connectivity index (χ1n) is 8.66. The van der Waals surface area contributed by atoms with Gasteiger partial charge in [-0.25, -0.2) is 4.98 Å². The highest BCUT2D eigenvalue weighted by Crippen LogP contribution is 2.32. The van der Waals surface area contributed by atoms with Gasteiger partial charge in [-0.2, -0.15) is 0 Å². The lowest BCUT2D eigenvalue weighted by molar-refractivity contribution is -0.119. The van der Waals surface area contributed by atoms with E-state index in [4.69, 9.17) is 0 Å². The van der Waals surface area contributed by atoms with Gasteiger partial charge in [-0.15, -0.1) is 5.10 Å². The summed E-state index contributed by atoms with van der Waals surface area (Å²) in [6.07, 6.45) is 12.3. The number of thioether (sulfide) groups is 1. The molecule has 2 saturated carbocycles. The molecule has 2 aliphatic rings. The minimum atomic E-state index is 0.115. The molecule has 3 rings (SSSR count). The van der Waals surface area contributed by atoms with Crippen LogP contribution < -0.4 is 5.32 Å². The Morgan fingerprint density at radius 3 is 2.50 bits per heavy atom. The van der Waals surface area contributed by atoms with E-state index in [1.165, 1.54) is 63.1 Å². The molecule has 1 aromatic heterocycles. The molecule has 2 fully saturated rings. The van der Waals surface area contributed by atoms with Crippen molar-refractivity contribution in [2.75, 3.05) is 5.75 Å².